The molecule has 6 heteroatoms. The molecule has 1 aliphatic heterocycles. The van der Waals surface area contributed by atoms with Crippen molar-refractivity contribution in [3.8, 4) is 0 Å². The van der Waals surface area contributed by atoms with E-state index in [0.717, 1.165) is 29.8 Å². The summed E-state index contributed by atoms with van der Waals surface area (Å²) >= 11 is 5.19. The molecule has 0 spiro atoms. The molecule has 0 bridgehead atoms. The number of carbonyl (C=O) groups excluding carboxylic acids is 1. The largest absolute Gasteiger partial charge is 0.340 e. The maximum absolute atomic E-state index is 13.0. The summed E-state index contributed by atoms with van der Waals surface area (Å²) in [7, 11) is 1.95. The van der Waals surface area contributed by atoms with E-state index in [-0.39, 0.29) is 17.8 Å². The molecule has 2 aliphatic rings. The van der Waals surface area contributed by atoms with Gasteiger partial charge in [0.2, 0.25) is 5.91 Å². The van der Waals surface area contributed by atoms with Gasteiger partial charge in [-0.1, -0.05) is 12.8 Å². The summed E-state index contributed by atoms with van der Waals surface area (Å²) in [6.07, 6.45) is 4.74. The lowest BCUT2D eigenvalue weighted by Crippen LogP contribution is -2.48. The molecular weight excluding hydrogens is 372 g/mol. The summed E-state index contributed by atoms with van der Waals surface area (Å²) in [6.45, 7) is 2.61. The third-order valence-electron chi connectivity index (χ3n) is 4.83. The number of hydrogen-bond acceptors (Lipinski definition) is 3. The van der Waals surface area contributed by atoms with Crippen LogP contribution < -0.4 is 5.32 Å². The standard InChI is InChI=1S/C15H21BrN2OS.ClH/c1-18(9-12-5-6-13(16)20-12)14(19)15-7-3-2-4-11(15)8-17-10-15;/h5-6,11,17H,2-4,7-10H2,1H3;1H/t11-,15+;/m0./s1. The van der Waals surface area contributed by atoms with Gasteiger partial charge in [-0.25, -0.2) is 0 Å². The van der Waals surface area contributed by atoms with Crippen LogP contribution in [-0.2, 0) is 11.3 Å². The van der Waals surface area contributed by atoms with E-state index in [1.807, 2.05) is 11.9 Å². The van der Waals surface area contributed by atoms with E-state index in [1.54, 1.807) is 11.3 Å². The van der Waals surface area contributed by atoms with Crippen molar-refractivity contribution in [2.45, 2.75) is 32.2 Å². The van der Waals surface area contributed by atoms with Crippen LogP contribution in [0.4, 0.5) is 0 Å². The van der Waals surface area contributed by atoms with Gasteiger partial charge < -0.3 is 10.2 Å². The molecule has 1 aromatic heterocycles. The fourth-order valence-corrected chi connectivity index (χ4v) is 5.33. The normalized spacial score (nSPS) is 27.8. The highest BCUT2D eigenvalue weighted by Crippen LogP contribution is 2.45. The van der Waals surface area contributed by atoms with Crippen LogP contribution in [0.2, 0.25) is 0 Å². The fraction of sp³-hybridized carbons (Fsp3) is 0.667. The van der Waals surface area contributed by atoms with E-state index >= 15 is 0 Å². The Morgan fingerprint density at radius 1 is 1.52 bits per heavy atom. The fourth-order valence-electron chi connectivity index (χ4n) is 3.79. The summed E-state index contributed by atoms with van der Waals surface area (Å²) in [5.74, 6) is 0.887. The molecule has 0 radical (unpaired) electrons. The van der Waals surface area contributed by atoms with Gasteiger partial charge in [-0.05, 0) is 53.4 Å². The van der Waals surface area contributed by atoms with Gasteiger partial charge in [-0.2, -0.15) is 0 Å². The van der Waals surface area contributed by atoms with Gasteiger partial charge in [0.05, 0.1) is 15.7 Å². The first kappa shape index (κ1) is 17.3. The Balaban J connectivity index is 0.00000161. The van der Waals surface area contributed by atoms with Crippen LogP contribution in [0.1, 0.15) is 30.6 Å². The first-order valence-corrected chi connectivity index (χ1v) is 8.93. The zero-order chi connectivity index (χ0) is 14.2. The number of nitrogens with one attached hydrogen (secondary N) is 1. The van der Waals surface area contributed by atoms with Crippen molar-refractivity contribution in [2.75, 3.05) is 20.1 Å². The molecule has 1 aliphatic carbocycles. The quantitative estimate of drug-likeness (QED) is 0.850. The second-order valence-electron chi connectivity index (χ2n) is 6.10. The highest BCUT2D eigenvalue weighted by molar-refractivity contribution is 9.11. The highest BCUT2D eigenvalue weighted by atomic mass is 79.9. The molecule has 1 saturated carbocycles. The van der Waals surface area contributed by atoms with E-state index in [2.05, 4.69) is 33.4 Å². The van der Waals surface area contributed by atoms with Crippen LogP contribution in [0, 0.1) is 11.3 Å². The van der Waals surface area contributed by atoms with E-state index < -0.39 is 0 Å². The van der Waals surface area contributed by atoms with Gasteiger partial charge in [-0.3, -0.25) is 4.79 Å². The Labute approximate surface area is 145 Å². The molecule has 2 atom stereocenters. The summed E-state index contributed by atoms with van der Waals surface area (Å²) in [4.78, 5) is 16.2. The zero-order valence-corrected chi connectivity index (χ0v) is 15.5. The van der Waals surface area contributed by atoms with Crippen LogP contribution >= 0.6 is 39.7 Å². The molecule has 2 heterocycles. The Morgan fingerprint density at radius 3 is 3.05 bits per heavy atom. The van der Waals surface area contributed by atoms with Crippen LogP contribution in [0.25, 0.3) is 0 Å². The van der Waals surface area contributed by atoms with Gasteiger partial charge in [0.1, 0.15) is 0 Å². The Kier molecular flexibility index (Phi) is 5.74. The maximum atomic E-state index is 13.0. The number of amides is 1. The van der Waals surface area contributed by atoms with Crippen molar-refractivity contribution in [3.05, 3.63) is 20.8 Å². The summed E-state index contributed by atoms with van der Waals surface area (Å²) in [5.41, 5.74) is -0.124. The lowest BCUT2D eigenvalue weighted by molar-refractivity contribution is -0.144. The SMILES string of the molecule is CN(Cc1ccc(Br)s1)C(=O)[C@@]12CCCC[C@H]1CNC2.Cl. The minimum absolute atomic E-state index is 0. The van der Waals surface area contributed by atoms with Gasteiger partial charge >= 0.3 is 0 Å². The number of hydrogen-bond donors (Lipinski definition) is 1. The second kappa shape index (κ2) is 6.99. The molecular formula is C15H22BrClN2OS. The predicted molar refractivity (Wildman–Crippen MR) is 93.0 cm³/mol. The summed E-state index contributed by atoms with van der Waals surface area (Å²) in [6, 6.07) is 4.15. The molecule has 0 unspecified atom stereocenters. The van der Waals surface area contributed by atoms with Crippen molar-refractivity contribution >= 4 is 45.6 Å². The van der Waals surface area contributed by atoms with E-state index in [1.165, 1.54) is 24.1 Å². The van der Waals surface area contributed by atoms with Crippen molar-refractivity contribution in [1.29, 1.82) is 0 Å². The smallest absolute Gasteiger partial charge is 0.230 e. The minimum Gasteiger partial charge on any atom is -0.340 e. The topological polar surface area (TPSA) is 32.3 Å². The molecule has 1 amide bonds. The number of thiophene rings is 1. The van der Waals surface area contributed by atoms with E-state index in [4.69, 9.17) is 0 Å². The Morgan fingerprint density at radius 2 is 2.33 bits per heavy atom. The molecule has 2 fully saturated rings. The first-order chi connectivity index (χ1) is 9.62. The van der Waals surface area contributed by atoms with Gasteiger partial charge in [0, 0.05) is 18.5 Å². The highest BCUT2D eigenvalue weighted by Gasteiger charge is 2.50. The van der Waals surface area contributed by atoms with Crippen LogP contribution in [0.5, 0.6) is 0 Å². The van der Waals surface area contributed by atoms with Crippen molar-refractivity contribution < 1.29 is 4.79 Å². The number of fused-ring (bicyclic) bond motifs is 1. The second-order valence-corrected chi connectivity index (χ2v) is 8.64. The van der Waals surface area contributed by atoms with Crippen LogP contribution in [0.15, 0.2) is 15.9 Å². The third kappa shape index (κ3) is 3.31. The number of halogens is 2. The van der Waals surface area contributed by atoms with Crippen molar-refractivity contribution in [3.63, 3.8) is 0 Å². The molecule has 0 aromatic carbocycles. The van der Waals surface area contributed by atoms with Gasteiger partial charge in [0.25, 0.3) is 0 Å². The molecule has 118 valence electrons. The lowest BCUT2D eigenvalue weighted by Gasteiger charge is -2.39. The third-order valence-corrected chi connectivity index (χ3v) is 6.44. The number of nitrogens with zero attached hydrogens (tertiary/aromatic N) is 1. The van der Waals surface area contributed by atoms with Crippen LogP contribution in [0.3, 0.4) is 0 Å². The predicted octanol–water partition coefficient (Wildman–Crippen LogP) is 3.67. The average molecular weight is 394 g/mol. The monoisotopic (exact) mass is 392 g/mol. The molecule has 3 nitrogen and oxygen atoms in total. The number of carbonyl (C=O) groups is 1. The van der Waals surface area contributed by atoms with E-state index in [9.17, 15) is 4.79 Å². The average Bonchev–Trinajstić information content (AvgIpc) is 3.04. The Bertz CT molecular complexity index is 510. The summed E-state index contributed by atoms with van der Waals surface area (Å²) < 4.78 is 1.13. The van der Waals surface area contributed by atoms with Gasteiger partial charge in [-0.15, -0.1) is 23.7 Å². The molecule has 1 saturated heterocycles. The first-order valence-electron chi connectivity index (χ1n) is 7.32. The summed E-state index contributed by atoms with van der Waals surface area (Å²) in [5, 5.41) is 3.46. The van der Waals surface area contributed by atoms with Crippen molar-refractivity contribution in [1.82, 2.24) is 10.2 Å². The van der Waals surface area contributed by atoms with Crippen LogP contribution in [-0.4, -0.2) is 30.9 Å². The van der Waals surface area contributed by atoms with Gasteiger partial charge in [0.15, 0.2) is 0 Å². The molecule has 21 heavy (non-hydrogen) atoms. The lowest BCUT2D eigenvalue weighted by atomic mass is 9.67. The molecule has 1 N–H and O–H groups in total. The molecule has 1 aromatic rings. The number of rotatable bonds is 3. The van der Waals surface area contributed by atoms with Crippen molar-refractivity contribution in [2.24, 2.45) is 11.3 Å². The van der Waals surface area contributed by atoms with E-state index in [0.29, 0.717) is 11.8 Å². The zero-order valence-electron chi connectivity index (χ0n) is 12.2. The maximum Gasteiger partial charge on any atom is 0.230 e. The minimum atomic E-state index is -0.124. The molecule has 3 rings (SSSR count). The Hall–Kier alpha value is -0.100.